The maximum atomic E-state index is 13.5. The predicted octanol–water partition coefficient (Wildman–Crippen LogP) is 3.47. The van der Waals surface area contributed by atoms with Gasteiger partial charge in [0.15, 0.2) is 0 Å². The summed E-state index contributed by atoms with van der Waals surface area (Å²) in [6.07, 6.45) is 1.32. The fourth-order valence-electron chi connectivity index (χ4n) is 5.19. The van der Waals surface area contributed by atoms with Crippen molar-refractivity contribution in [1.29, 1.82) is 0 Å². The first-order chi connectivity index (χ1) is 17.2. The van der Waals surface area contributed by atoms with Crippen molar-refractivity contribution in [3.63, 3.8) is 0 Å². The number of rotatable bonds is 8. The van der Waals surface area contributed by atoms with Gasteiger partial charge < -0.3 is 16.0 Å². The van der Waals surface area contributed by atoms with Crippen LogP contribution in [-0.4, -0.2) is 47.4 Å². The van der Waals surface area contributed by atoms with Crippen LogP contribution in [0.5, 0.6) is 0 Å². The molecule has 1 saturated heterocycles. The summed E-state index contributed by atoms with van der Waals surface area (Å²) in [7, 11) is 0. The van der Waals surface area contributed by atoms with Crippen LogP contribution < -0.4 is 20.9 Å². The third-order valence-corrected chi connectivity index (χ3v) is 6.25. The number of benzene rings is 2. The Labute approximate surface area is 217 Å². The molecule has 0 bridgehead atoms. The number of piperidine rings is 1. The number of carbonyl (C=O) groups excluding carboxylic acids is 3. The minimum absolute atomic E-state index is 0.0549. The monoisotopic (exact) mass is 514 g/mol. The first-order valence-electron chi connectivity index (χ1n) is 12.4. The van der Waals surface area contributed by atoms with E-state index in [1.54, 1.807) is 30.3 Å². The molecule has 1 aliphatic heterocycles. The van der Waals surface area contributed by atoms with Crippen molar-refractivity contribution in [3.05, 3.63) is 65.7 Å². The van der Waals surface area contributed by atoms with Gasteiger partial charge in [0.05, 0.1) is 18.7 Å². The molecule has 200 valence electrons. The molecule has 0 unspecified atom stereocenters. The van der Waals surface area contributed by atoms with Gasteiger partial charge in [0, 0.05) is 23.2 Å². The Balaban J connectivity index is 1.69. The molecule has 2 aromatic carbocycles. The summed E-state index contributed by atoms with van der Waals surface area (Å²) in [5.41, 5.74) is 0.308. The van der Waals surface area contributed by atoms with Crippen LogP contribution in [0.25, 0.3) is 0 Å². The molecular formula is C28H36F2N4O3. The molecule has 0 saturated carbocycles. The molecule has 9 heteroatoms. The van der Waals surface area contributed by atoms with E-state index in [0.29, 0.717) is 5.69 Å². The zero-order valence-corrected chi connectivity index (χ0v) is 22.0. The van der Waals surface area contributed by atoms with E-state index in [1.165, 1.54) is 6.92 Å². The maximum absolute atomic E-state index is 13.5. The number of amides is 3. The van der Waals surface area contributed by atoms with Crippen LogP contribution >= 0.6 is 0 Å². The van der Waals surface area contributed by atoms with Crippen LogP contribution in [0.4, 0.5) is 14.5 Å². The van der Waals surface area contributed by atoms with Crippen molar-refractivity contribution in [2.45, 2.75) is 77.0 Å². The first-order valence-corrected chi connectivity index (χ1v) is 12.4. The molecule has 37 heavy (non-hydrogen) atoms. The molecule has 2 aromatic rings. The number of carbonyl (C=O) groups is 3. The van der Waals surface area contributed by atoms with E-state index in [1.807, 2.05) is 0 Å². The van der Waals surface area contributed by atoms with Crippen molar-refractivity contribution in [2.24, 2.45) is 0 Å². The average Bonchev–Trinajstić information content (AvgIpc) is 2.75. The van der Waals surface area contributed by atoms with Crippen LogP contribution in [0.2, 0.25) is 0 Å². The Hall–Kier alpha value is -3.17. The largest absolute Gasteiger partial charge is 0.344 e. The molecule has 7 nitrogen and oxygen atoms in total. The molecular weight excluding hydrogens is 478 g/mol. The first kappa shape index (κ1) is 28.4. The third kappa shape index (κ3) is 8.16. The fourth-order valence-corrected chi connectivity index (χ4v) is 5.19. The predicted molar refractivity (Wildman–Crippen MR) is 139 cm³/mol. The Morgan fingerprint density at radius 2 is 1.57 bits per heavy atom. The van der Waals surface area contributed by atoms with Crippen LogP contribution in [0.1, 0.15) is 53.0 Å². The van der Waals surface area contributed by atoms with Crippen LogP contribution in [0, 0.1) is 11.6 Å². The zero-order chi connectivity index (χ0) is 27.4. The number of anilines is 1. The van der Waals surface area contributed by atoms with Gasteiger partial charge in [-0.15, -0.1) is 0 Å². The zero-order valence-electron chi connectivity index (χ0n) is 22.0. The van der Waals surface area contributed by atoms with Gasteiger partial charge in [0.25, 0.3) is 5.91 Å². The molecule has 0 radical (unpaired) electrons. The second-order valence-corrected chi connectivity index (χ2v) is 11.0. The molecule has 1 atom stereocenters. The lowest BCUT2D eigenvalue weighted by molar-refractivity contribution is -0.130. The van der Waals surface area contributed by atoms with Crippen LogP contribution in [0.3, 0.4) is 0 Å². The van der Waals surface area contributed by atoms with Crippen molar-refractivity contribution in [2.75, 3.05) is 11.4 Å². The summed E-state index contributed by atoms with van der Waals surface area (Å²) in [5.74, 6) is -3.23. The lowest BCUT2D eigenvalue weighted by Crippen LogP contribution is -2.62. The summed E-state index contributed by atoms with van der Waals surface area (Å²) >= 11 is 0. The van der Waals surface area contributed by atoms with Gasteiger partial charge in [-0.1, -0.05) is 18.2 Å². The van der Waals surface area contributed by atoms with Crippen molar-refractivity contribution in [3.8, 4) is 0 Å². The number of halogens is 2. The quantitative estimate of drug-likeness (QED) is 0.502. The second kappa shape index (κ2) is 11.5. The minimum atomic E-state index is -1.05. The number of nitrogens with one attached hydrogen (secondary N) is 3. The summed E-state index contributed by atoms with van der Waals surface area (Å²) in [6, 6.07) is 10.4. The van der Waals surface area contributed by atoms with Crippen LogP contribution in [0.15, 0.2) is 48.5 Å². The lowest BCUT2D eigenvalue weighted by Gasteiger charge is -2.46. The number of imide groups is 1. The Bertz CT molecular complexity index is 1100. The highest BCUT2D eigenvalue weighted by Crippen LogP contribution is 2.28. The standard InChI is InChI=1S/C28H36F2N4O3/c1-18(32-24(35)13-19-11-20(29)14-21(30)12-19)26(37)34(23-9-7-6-8-10-23)25(36)17-31-22-15-27(2,3)33-28(4,5)16-22/h6-12,14,18,22,31,33H,13,15-17H2,1-5H3,(H,32,35)/t18-/m0/s1. The van der Waals surface area contributed by atoms with E-state index in [2.05, 4.69) is 43.6 Å². The van der Waals surface area contributed by atoms with E-state index in [0.717, 1.165) is 35.9 Å². The van der Waals surface area contributed by atoms with E-state index < -0.39 is 35.4 Å². The van der Waals surface area contributed by atoms with E-state index in [-0.39, 0.29) is 35.6 Å². The molecule has 0 aliphatic carbocycles. The Morgan fingerprint density at radius 3 is 2.14 bits per heavy atom. The van der Waals surface area contributed by atoms with Gasteiger partial charge in [0.1, 0.15) is 17.7 Å². The Kier molecular flexibility index (Phi) is 8.81. The topological polar surface area (TPSA) is 90.5 Å². The van der Waals surface area contributed by atoms with Gasteiger partial charge in [-0.3, -0.25) is 14.4 Å². The van der Waals surface area contributed by atoms with E-state index >= 15 is 0 Å². The van der Waals surface area contributed by atoms with Gasteiger partial charge in [-0.2, -0.15) is 0 Å². The second-order valence-electron chi connectivity index (χ2n) is 11.0. The highest BCUT2D eigenvalue weighted by atomic mass is 19.1. The molecule has 3 rings (SSSR count). The molecule has 0 spiro atoms. The molecule has 1 fully saturated rings. The van der Waals surface area contributed by atoms with Gasteiger partial charge in [-0.25, -0.2) is 13.7 Å². The van der Waals surface area contributed by atoms with E-state index in [4.69, 9.17) is 0 Å². The summed E-state index contributed by atoms with van der Waals surface area (Å²) < 4.78 is 26.9. The van der Waals surface area contributed by atoms with Crippen LogP contribution in [-0.2, 0) is 20.8 Å². The summed E-state index contributed by atoms with van der Waals surface area (Å²) in [6.45, 7) is 9.89. The average molecular weight is 515 g/mol. The van der Waals surface area contributed by atoms with Gasteiger partial charge in [0.2, 0.25) is 11.8 Å². The SMILES string of the molecule is C[C@H](NC(=O)Cc1cc(F)cc(F)c1)C(=O)N(C(=O)CNC1CC(C)(C)NC(C)(C)C1)c1ccccc1. The maximum Gasteiger partial charge on any atom is 0.256 e. The highest BCUT2D eigenvalue weighted by Gasteiger charge is 2.38. The van der Waals surface area contributed by atoms with Gasteiger partial charge >= 0.3 is 0 Å². The molecule has 3 N–H and O–H groups in total. The third-order valence-electron chi connectivity index (χ3n) is 6.25. The number of para-hydroxylation sites is 1. The van der Waals surface area contributed by atoms with Crippen molar-refractivity contribution < 1.29 is 23.2 Å². The van der Waals surface area contributed by atoms with Crippen molar-refractivity contribution >= 4 is 23.4 Å². The summed E-state index contributed by atoms with van der Waals surface area (Å²) in [5, 5.41) is 9.46. The van der Waals surface area contributed by atoms with E-state index in [9.17, 15) is 23.2 Å². The molecule has 0 aromatic heterocycles. The van der Waals surface area contributed by atoms with Crippen molar-refractivity contribution in [1.82, 2.24) is 16.0 Å². The number of hydrogen-bond donors (Lipinski definition) is 3. The fraction of sp³-hybridized carbons (Fsp3) is 0.464. The smallest absolute Gasteiger partial charge is 0.256 e. The number of nitrogens with zero attached hydrogens (tertiary/aromatic N) is 1. The van der Waals surface area contributed by atoms with Gasteiger partial charge in [-0.05, 0) is 77.3 Å². The molecule has 1 heterocycles. The molecule has 1 aliphatic rings. The lowest BCUT2D eigenvalue weighted by atomic mass is 9.79. The normalized spacial score (nSPS) is 17.6. The number of hydrogen-bond acceptors (Lipinski definition) is 5. The Morgan fingerprint density at radius 1 is 1.00 bits per heavy atom. The summed E-state index contributed by atoms with van der Waals surface area (Å²) in [4.78, 5) is 40.3. The molecule has 3 amide bonds. The highest BCUT2D eigenvalue weighted by molar-refractivity contribution is 6.17. The minimum Gasteiger partial charge on any atom is -0.344 e.